The summed E-state index contributed by atoms with van der Waals surface area (Å²) in [5, 5.41) is 0. The molecule has 1 unspecified atom stereocenters. The second-order valence-electron chi connectivity index (χ2n) is 8.35. The summed E-state index contributed by atoms with van der Waals surface area (Å²) in [5.74, 6) is -0.513. The highest BCUT2D eigenvalue weighted by Gasteiger charge is 2.25. The first-order valence-corrected chi connectivity index (χ1v) is 11.3. The molecule has 7 heteroatoms. The van der Waals surface area contributed by atoms with Gasteiger partial charge in [0.05, 0.1) is 24.9 Å². The third-order valence-electron chi connectivity index (χ3n) is 4.82. The number of unbranched alkanes of at least 4 members (excludes halogenated alkanes) is 2. The van der Waals surface area contributed by atoms with Gasteiger partial charge in [-0.05, 0) is 40.0 Å². The molecule has 0 aliphatic carbocycles. The van der Waals surface area contributed by atoms with E-state index in [2.05, 4.69) is 13.8 Å². The van der Waals surface area contributed by atoms with Gasteiger partial charge in [-0.1, -0.05) is 26.7 Å². The van der Waals surface area contributed by atoms with Crippen molar-refractivity contribution in [1.82, 2.24) is 4.90 Å². The summed E-state index contributed by atoms with van der Waals surface area (Å²) in [5.41, 5.74) is -0.452. The lowest BCUT2D eigenvalue weighted by Crippen LogP contribution is -2.36. The van der Waals surface area contributed by atoms with Crippen LogP contribution in [0.1, 0.15) is 73.1 Å². The highest BCUT2D eigenvalue weighted by molar-refractivity contribution is 6.12. The number of hydrogen-bond acceptors (Lipinski definition) is 6. The van der Waals surface area contributed by atoms with Crippen LogP contribution in [0.4, 0.5) is 0 Å². The molecule has 1 heterocycles. The minimum absolute atomic E-state index is 0.0865. The Morgan fingerprint density at radius 1 is 0.900 bits per heavy atom. The molecule has 0 N–H and O–H groups in total. The van der Waals surface area contributed by atoms with E-state index in [1.165, 1.54) is 17.1 Å². The molecular formula is C23H41NO6. The van der Waals surface area contributed by atoms with Crippen LogP contribution in [-0.4, -0.2) is 67.7 Å². The van der Waals surface area contributed by atoms with Gasteiger partial charge in [-0.2, -0.15) is 0 Å². The number of rotatable bonds is 18. The molecule has 1 rings (SSSR count). The molecule has 1 aliphatic rings. The van der Waals surface area contributed by atoms with Crippen LogP contribution in [0.2, 0.25) is 0 Å². The first kappa shape index (κ1) is 26.8. The maximum atomic E-state index is 11.6. The molecule has 2 amide bonds. The zero-order valence-corrected chi connectivity index (χ0v) is 19.5. The minimum Gasteiger partial charge on any atom is -0.375 e. The van der Waals surface area contributed by atoms with Crippen molar-refractivity contribution in [3.8, 4) is 0 Å². The van der Waals surface area contributed by atoms with Gasteiger partial charge in [0.1, 0.15) is 0 Å². The summed E-state index contributed by atoms with van der Waals surface area (Å²) >= 11 is 0. The van der Waals surface area contributed by atoms with Crippen molar-refractivity contribution in [1.29, 1.82) is 0 Å². The average Bonchev–Trinajstić information content (AvgIpc) is 3.02. The Bertz CT molecular complexity index is 506. The SMILES string of the molecule is CCCCOC(CCOC(C)(C)COC(C)CCN1C(=O)C=CC1=O)OCCCC. The van der Waals surface area contributed by atoms with E-state index in [1.807, 2.05) is 20.8 Å². The fourth-order valence-electron chi connectivity index (χ4n) is 2.79. The Morgan fingerprint density at radius 2 is 1.47 bits per heavy atom. The van der Waals surface area contributed by atoms with Crippen molar-refractivity contribution < 1.29 is 28.5 Å². The molecule has 0 radical (unpaired) electrons. The molecule has 1 atom stereocenters. The first-order chi connectivity index (χ1) is 14.3. The van der Waals surface area contributed by atoms with Crippen LogP contribution < -0.4 is 0 Å². The number of carbonyl (C=O) groups excluding carboxylic acids is 2. The summed E-state index contributed by atoms with van der Waals surface area (Å²) < 4.78 is 23.6. The maximum Gasteiger partial charge on any atom is 0.253 e. The van der Waals surface area contributed by atoms with Gasteiger partial charge in [0.2, 0.25) is 0 Å². The molecule has 7 nitrogen and oxygen atoms in total. The fourth-order valence-corrected chi connectivity index (χ4v) is 2.79. The van der Waals surface area contributed by atoms with E-state index in [-0.39, 0.29) is 24.2 Å². The Hall–Kier alpha value is -1.28. The lowest BCUT2D eigenvalue weighted by atomic mass is 10.1. The predicted octanol–water partition coefficient (Wildman–Crippen LogP) is 3.85. The van der Waals surface area contributed by atoms with Gasteiger partial charge in [0, 0.05) is 38.3 Å². The number of ether oxygens (including phenoxy) is 4. The van der Waals surface area contributed by atoms with Gasteiger partial charge >= 0.3 is 0 Å². The quantitative estimate of drug-likeness (QED) is 0.188. The Labute approximate surface area is 182 Å². The Kier molecular flexibility index (Phi) is 13.1. The highest BCUT2D eigenvalue weighted by atomic mass is 16.7. The topological polar surface area (TPSA) is 74.3 Å². The first-order valence-electron chi connectivity index (χ1n) is 11.3. The van der Waals surface area contributed by atoms with E-state index >= 15 is 0 Å². The third-order valence-corrected chi connectivity index (χ3v) is 4.82. The van der Waals surface area contributed by atoms with Gasteiger partial charge in [0.25, 0.3) is 11.8 Å². The molecule has 1 aliphatic heterocycles. The second-order valence-corrected chi connectivity index (χ2v) is 8.35. The van der Waals surface area contributed by atoms with E-state index in [1.54, 1.807) is 0 Å². The number of carbonyl (C=O) groups is 2. The van der Waals surface area contributed by atoms with Crippen molar-refractivity contribution in [3.05, 3.63) is 12.2 Å². The summed E-state index contributed by atoms with van der Waals surface area (Å²) in [6.07, 6.45) is 7.79. The molecule has 0 bridgehead atoms. The number of hydrogen-bond donors (Lipinski definition) is 0. The number of imide groups is 1. The van der Waals surface area contributed by atoms with E-state index in [0.29, 0.717) is 45.8 Å². The molecule has 174 valence electrons. The van der Waals surface area contributed by atoms with E-state index < -0.39 is 5.60 Å². The van der Waals surface area contributed by atoms with Crippen molar-refractivity contribution >= 4 is 11.8 Å². The summed E-state index contributed by atoms with van der Waals surface area (Å²) in [6, 6.07) is 0. The highest BCUT2D eigenvalue weighted by Crippen LogP contribution is 2.15. The van der Waals surface area contributed by atoms with Crippen molar-refractivity contribution in [3.63, 3.8) is 0 Å². The van der Waals surface area contributed by atoms with Gasteiger partial charge in [-0.3, -0.25) is 14.5 Å². The molecule has 30 heavy (non-hydrogen) atoms. The van der Waals surface area contributed by atoms with Crippen LogP contribution in [0.5, 0.6) is 0 Å². The summed E-state index contributed by atoms with van der Waals surface area (Å²) in [4.78, 5) is 24.4. The molecule has 0 saturated heterocycles. The second kappa shape index (κ2) is 14.7. The van der Waals surface area contributed by atoms with Gasteiger partial charge in [-0.15, -0.1) is 0 Å². The number of nitrogens with zero attached hydrogens (tertiary/aromatic N) is 1. The zero-order valence-electron chi connectivity index (χ0n) is 19.5. The van der Waals surface area contributed by atoms with E-state index in [4.69, 9.17) is 18.9 Å². The van der Waals surface area contributed by atoms with Crippen LogP contribution in [0.25, 0.3) is 0 Å². The third kappa shape index (κ3) is 11.2. The molecule has 0 aromatic heterocycles. The minimum atomic E-state index is -0.452. The van der Waals surface area contributed by atoms with Crippen molar-refractivity contribution in [2.75, 3.05) is 33.0 Å². The van der Waals surface area contributed by atoms with E-state index in [0.717, 1.165) is 25.7 Å². The van der Waals surface area contributed by atoms with Crippen molar-refractivity contribution in [2.45, 2.75) is 91.1 Å². The van der Waals surface area contributed by atoms with Crippen LogP contribution in [-0.2, 0) is 28.5 Å². The summed E-state index contributed by atoms with van der Waals surface area (Å²) in [7, 11) is 0. The van der Waals surface area contributed by atoms with Crippen LogP contribution >= 0.6 is 0 Å². The molecule has 0 aromatic rings. The predicted molar refractivity (Wildman–Crippen MR) is 116 cm³/mol. The fraction of sp³-hybridized carbons (Fsp3) is 0.826. The van der Waals surface area contributed by atoms with Crippen LogP contribution in [0.3, 0.4) is 0 Å². The Balaban J connectivity index is 2.27. The lowest BCUT2D eigenvalue weighted by Gasteiger charge is -2.28. The van der Waals surface area contributed by atoms with E-state index in [9.17, 15) is 9.59 Å². The van der Waals surface area contributed by atoms with Crippen LogP contribution in [0, 0.1) is 0 Å². The maximum absolute atomic E-state index is 11.6. The van der Waals surface area contributed by atoms with Gasteiger partial charge in [0.15, 0.2) is 6.29 Å². The molecule has 0 fully saturated rings. The molecule has 0 aromatic carbocycles. The molecule has 0 saturated carbocycles. The lowest BCUT2D eigenvalue weighted by molar-refractivity contribution is -0.165. The monoisotopic (exact) mass is 427 g/mol. The van der Waals surface area contributed by atoms with Crippen molar-refractivity contribution in [2.24, 2.45) is 0 Å². The molecular weight excluding hydrogens is 386 g/mol. The number of amides is 2. The smallest absolute Gasteiger partial charge is 0.253 e. The van der Waals surface area contributed by atoms with Gasteiger partial charge < -0.3 is 18.9 Å². The standard InChI is InChI=1S/C23H41NO6/c1-6-8-15-27-22(28-16-9-7-2)13-17-30-23(4,5)18-29-19(3)12-14-24-20(25)10-11-21(24)26/h10-11,19,22H,6-9,12-18H2,1-5H3. The Morgan fingerprint density at radius 3 is 2.00 bits per heavy atom. The normalized spacial score (nSPS) is 15.6. The average molecular weight is 428 g/mol. The summed E-state index contributed by atoms with van der Waals surface area (Å²) in [6.45, 7) is 12.9. The van der Waals surface area contributed by atoms with Crippen LogP contribution in [0.15, 0.2) is 12.2 Å². The zero-order chi connectivity index (χ0) is 22.4. The largest absolute Gasteiger partial charge is 0.375 e. The van der Waals surface area contributed by atoms with Gasteiger partial charge in [-0.25, -0.2) is 0 Å². The molecule has 0 spiro atoms.